The fourth-order valence-electron chi connectivity index (χ4n) is 2.39. The van der Waals surface area contributed by atoms with Crippen molar-refractivity contribution in [2.75, 3.05) is 32.8 Å². The van der Waals surface area contributed by atoms with Crippen LogP contribution >= 0.6 is 0 Å². The number of nitrogens with zero attached hydrogens (tertiary/aromatic N) is 2. The Hall–Kier alpha value is -1.14. The van der Waals surface area contributed by atoms with E-state index < -0.39 is 5.97 Å². The number of hydrogen-bond acceptors (Lipinski definition) is 4. The Balaban J connectivity index is 1.82. The molecule has 1 heterocycles. The van der Waals surface area contributed by atoms with E-state index in [2.05, 4.69) is 0 Å². The molecule has 2 fully saturated rings. The molecule has 1 saturated heterocycles. The van der Waals surface area contributed by atoms with Gasteiger partial charge >= 0.3 is 5.97 Å². The molecule has 2 rings (SSSR count). The second-order valence-corrected chi connectivity index (χ2v) is 5.37. The quantitative estimate of drug-likeness (QED) is 0.745. The summed E-state index contributed by atoms with van der Waals surface area (Å²) in [6.07, 6.45) is 2.34. The molecule has 1 aliphatic carbocycles. The summed E-state index contributed by atoms with van der Waals surface area (Å²) in [5, 5.41) is 8.74. The second kappa shape index (κ2) is 6.34. The lowest BCUT2D eigenvalue weighted by Gasteiger charge is -2.33. The van der Waals surface area contributed by atoms with Crippen molar-refractivity contribution in [3.05, 3.63) is 0 Å². The van der Waals surface area contributed by atoms with Crippen molar-refractivity contribution >= 4 is 11.9 Å². The van der Waals surface area contributed by atoms with Crippen LogP contribution in [-0.4, -0.2) is 71.7 Å². The fourth-order valence-corrected chi connectivity index (χ4v) is 2.39. The molecule has 0 aromatic rings. The minimum absolute atomic E-state index is 0.0890. The van der Waals surface area contributed by atoms with E-state index in [0.717, 1.165) is 12.8 Å². The molecule has 0 aromatic heterocycles. The number of carboxylic acids is 1. The highest BCUT2D eigenvalue weighted by atomic mass is 16.5. The van der Waals surface area contributed by atoms with Gasteiger partial charge in [0.15, 0.2) is 0 Å². The molecule has 1 N–H and O–H groups in total. The molecule has 0 aromatic carbocycles. The largest absolute Gasteiger partial charge is 0.481 e. The highest BCUT2D eigenvalue weighted by Crippen LogP contribution is 2.26. The molecular formula is C13H22N2O4. The first-order valence-corrected chi connectivity index (χ1v) is 6.91. The van der Waals surface area contributed by atoms with Gasteiger partial charge in [-0.05, 0) is 19.8 Å². The Labute approximate surface area is 113 Å². The average Bonchev–Trinajstić information content (AvgIpc) is 3.18. The van der Waals surface area contributed by atoms with Crippen LogP contribution in [0.2, 0.25) is 0 Å². The fraction of sp³-hybridized carbons (Fsp3) is 0.846. The maximum absolute atomic E-state index is 12.2. The highest BCUT2D eigenvalue weighted by Gasteiger charge is 2.32. The van der Waals surface area contributed by atoms with Crippen LogP contribution in [0, 0.1) is 0 Å². The smallest absolute Gasteiger partial charge is 0.304 e. The normalized spacial score (nSPS) is 23.7. The third-order valence-electron chi connectivity index (χ3n) is 3.61. The van der Waals surface area contributed by atoms with Crippen LogP contribution in [0.25, 0.3) is 0 Å². The van der Waals surface area contributed by atoms with Gasteiger partial charge < -0.3 is 14.7 Å². The molecule has 6 heteroatoms. The van der Waals surface area contributed by atoms with Crippen molar-refractivity contribution in [1.29, 1.82) is 0 Å². The van der Waals surface area contributed by atoms with Gasteiger partial charge in [-0.3, -0.25) is 14.5 Å². The third-order valence-corrected chi connectivity index (χ3v) is 3.61. The van der Waals surface area contributed by atoms with Gasteiger partial charge in [0.2, 0.25) is 5.91 Å². The predicted octanol–water partition coefficient (Wildman–Crippen LogP) is 0.173. The van der Waals surface area contributed by atoms with Crippen LogP contribution in [0.5, 0.6) is 0 Å². The minimum Gasteiger partial charge on any atom is -0.481 e. The van der Waals surface area contributed by atoms with E-state index in [9.17, 15) is 9.59 Å². The van der Waals surface area contributed by atoms with Gasteiger partial charge in [-0.25, -0.2) is 0 Å². The number of morpholine rings is 1. The Kier molecular flexibility index (Phi) is 4.76. The van der Waals surface area contributed by atoms with E-state index in [1.54, 1.807) is 0 Å². The number of amides is 1. The van der Waals surface area contributed by atoms with Crippen molar-refractivity contribution in [1.82, 2.24) is 9.80 Å². The molecule has 0 bridgehead atoms. The summed E-state index contributed by atoms with van der Waals surface area (Å²) in [5.74, 6) is -0.717. The average molecular weight is 270 g/mol. The summed E-state index contributed by atoms with van der Waals surface area (Å²) in [6.45, 7) is 4.63. The molecule has 1 unspecified atom stereocenters. The molecule has 0 radical (unpaired) electrons. The summed E-state index contributed by atoms with van der Waals surface area (Å²) >= 11 is 0. The SMILES string of the molecule is CC1CN(C(=O)CN(CCC(=O)O)C2CC2)CCO1. The zero-order valence-electron chi connectivity index (χ0n) is 11.4. The lowest BCUT2D eigenvalue weighted by Crippen LogP contribution is -2.48. The molecule has 1 saturated carbocycles. The van der Waals surface area contributed by atoms with Crippen molar-refractivity contribution in [2.45, 2.75) is 38.3 Å². The number of carbonyl (C=O) groups is 2. The standard InChI is InChI=1S/C13H22N2O4/c1-10-8-15(6-7-19-10)12(16)9-14(11-2-3-11)5-4-13(17)18/h10-11H,2-9H2,1H3,(H,17,18). The van der Waals surface area contributed by atoms with Crippen LogP contribution in [0.4, 0.5) is 0 Å². The topological polar surface area (TPSA) is 70.1 Å². The number of rotatable bonds is 6. The number of aliphatic carboxylic acids is 1. The van der Waals surface area contributed by atoms with E-state index in [4.69, 9.17) is 9.84 Å². The van der Waals surface area contributed by atoms with E-state index in [-0.39, 0.29) is 18.4 Å². The molecule has 1 amide bonds. The summed E-state index contributed by atoms with van der Waals surface area (Å²) < 4.78 is 5.42. The first-order valence-electron chi connectivity index (χ1n) is 6.91. The van der Waals surface area contributed by atoms with E-state index in [1.807, 2.05) is 16.7 Å². The van der Waals surface area contributed by atoms with Gasteiger partial charge in [-0.15, -0.1) is 0 Å². The van der Waals surface area contributed by atoms with Gasteiger partial charge in [-0.1, -0.05) is 0 Å². The maximum atomic E-state index is 12.2. The molecule has 0 spiro atoms. The number of carbonyl (C=O) groups excluding carboxylic acids is 1. The number of ether oxygens (including phenoxy) is 1. The summed E-state index contributed by atoms with van der Waals surface area (Å²) in [5.41, 5.74) is 0. The minimum atomic E-state index is -0.807. The lowest BCUT2D eigenvalue weighted by molar-refractivity contribution is -0.141. The van der Waals surface area contributed by atoms with Crippen molar-refractivity contribution in [3.63, 3.8) is 0 Å². The molecular weight excluding hydrogens is 248 g/mol. The Morgan fingerprint density at radius 1 is 1.42 bits per heavy atom. The van der Waals surface area contributed by atoms with Gasteiger partial charge in [0.05, 0.1) is 25.7 Å². The predicted molar refractivity (Wildman–Crippen MR) is 68.8 cm³/mol. The number of carboxylic acid groups (broad SMARTS) is 1. The summed E-state index contributed by atoms with van der Waals surface area (Å²) in [4.78, 5) is 26.7. The molecule has 6 nitrogen and oxygen atoms in total. The molecule has 1 atom stereocenters. The second-order valence-electron chi connectivity index (χ2n) is 5.37. The zero-order chi connectivity index (χ0) is 13.8. The van der Waals surface area contributed by atoms with Crippen LogP contribution in [0.3, 0.4) is 0 Å². The molecule has 19 heavy (non-hydrogen) atoms. The van der Waals surface area contributed by atoms with E-state index in [1.165, 1.54) is 0 Å². The maximum Gasteiger partial charge on any atom is 0.304 e. The van der Waals surface area contributed by atoms with E-state index in [0.29, 0.717) is 38.8 Å². The van der Waals surface area contributed by atoms with Crippen LogP contribution in [-0.2, 0) is 14.3 Å². The van der Waals surface area contributed by atoms with Crippen LogP contribution < -0.4 is 0 Å². The first kappa shape index (κ1) is 14.3. The third kappa shape index (κ3) is 4.47. The van der Waals surface area contributed by atoms with Crippen molar-refractivity contribution < 1.29 is 19.4 Å². The van der Waals surface area contributed by atoms with Gasteiger partial charge in [0.25, 0.3) is 0 Å². The van der Waals surface area contributed by atoms with Crippen molar-refractivity contribution in [3.8, 4) is 0 Å². The molecule has 1 aliphatic heterocycles. The molecule has 108 valence electrons. The van der Waals surface area contributed by atoms with Crippen molar-refractivity contribution in [2.24, 2.45) is 0 Å². The van der Waals surface area contributed by atoms with Crippen LogP contribution in [0.1, 0.15) is 26.2 Å². The zero-order valence-corrected chi connectivity index (χ0v) is 11.4. The molecule has 2 aliphatic rings. The Morgan fingerprint density at radius 3 is 2.74 bits per heavy atom. The number of hydrogen-bond donors (Lipinski definition) is 1. The van der Waals surface area contributed by atoms with Gasteiger partial charge in [0, 0.05) is 25.7 Å². The van der Waals surface area contributed by atoms with Gasteiger partial charge in [0.1, 0.15) is 0 Å². The summed E-state index contributed by atoms with van der Waals surface area (Å²) in [6, 6.07) is 0.404. The first-order chi connectivity index (χ1) is 9.06. The van der Waals surface area contributed by atoms with Crippen LogP contribution in [0.15, 0.2) is 0 Å². The van der Waals surface area contributed by atoms with E-state index >= 15 is 0 Å². The van der Waals surface area contributed by atoms with Gasteiger partial charge in [-0.2, -0.15) is 0 Å². The highest BCUT2D eigenvalue weighted by molar-refractivity contribution is 5.78. The monoisotopic (exact) mass is 270 g/mol. The lowest BCUT2D eigenvalue weighted by atomic mass is 10.3. The summed E-state index contributed by atoms with van der Waals surface area (Å²) in [7, 11) is 0. The Morgan fingerprint density at radius 2 is 2.16 bits per heavy atom. The Bertz CT molecular complexity index is 344.